The average molecular weight is 880 g/mol. The highest BCUT2D eigenvalue weighted by atomic mass is 16.5. The van der Waals surface area contributed by atoms with Gasteiger partial charge in [-0.15, -0.1) is 0 Å². The lowest BCUT2D eigenvalue weighted by atomic mass is 9.66. The summed E-state index contributed by atoms with van der Waals surface area (Å²) in [6.45, 7) is 0. The summed E-state index contributed by atoms with van der Waals surface area (Å²) in [4.78, 5) is 9.97. The minimum atomic E-state index is -0.756. The van der Waals surface area contributed by atoms with Crippen LogP contribution in [0.25, 0.3) is 93.9 Å². The van der Waals surface area contributed by atoms with E-state index in [4.69, 9.17) is 14.7 Å². The lowest BCUT2D eigenvalue weighted by Crippen LogP contribution is -2.32. The summed E-state index contributed by atoms with van der Waals surface area (Å²) in [6, 6.07) is 70.3. The second-order valence-corrected chi connectivity index (χ2v) is 18.0. The minimum Gasteiger partial charge on any atom is -0.457 e. The fraction of sp³-hybridized carbons (Fsp3) is 0.0164. The van der Waals surface area contributed by atoms with Gasteiger partial charge in [-0.25, -0.2) is 0 Å². The third-order valence-corrected chi connectivity index (χ3v) is 14.6. The Kier molecular flexibility index (Phi) is 7.41. The zero-order valence-electron chi connectivity index (χ0n) is 36.6. The zero-order chi connectivity index (χ0) is 45.5. The molecule has 0 radical (unpaired) electrons. The Morgan fingerprint density at radius 2 is 0.754 bits per heavy atom. The van der Waals surface area contributed by atoms with Crippen molar-refractivity contribution in [3.8, 4) is 52.1 Å². The topological polar surface area (TPSA) is 97.4 Å². The largest absolute Gasteiger partial charge is 0.457 e. The van der Waals surface area contributed by atoms with E-state index in [9.17, 15) is 10.5 Å². The molecule has 13 aromatic rings. The van der Waals surface area contributed by atoms with Crippen LogP contribution in [0.3, 0.4) is 0 Å². The Balaban J connectivity index is 0.957. The zero-order valence-corrected chi connectivity index (χ0v) is 36.6. The van der Waals surface area contributed by atoms with Gasteiger partial charge in [0.15, 0.2) is 0 Å². The maximum absolute atomic E-state index is 9.83. The molecule has 8 heteroatoms. The van der Waals surface area contributed by atoms with Crippen LogP contribution >= 0.6 is 0 Å². The molecule has 0 bridgehead atoms. The van der Waals surface area contributed by atoms with E-state index in [2.05, 4.69) is 165 Å². The summed E-state index contributed by atoms with van der Waals surface area (Å²) in [5.41, 5.74) is 15.6. The van der Waals surface area contributed by atoms with Crippen LogP contribution in [0.5, 0.6) is 11.5 Å². The molecule has 0 saturated heterocycles. The smallest absolute Gasteiger partial charge is 0.134 e. The summed E-state index contributed by atoms with van der Waals surface area (Å²) < 4.78 is 14.2. The molecule has 5 aromatic heterocycles. The number of rotatable bonds is 3. The van der Waals surface area contributed by atoms with Gasteiger partial charge in [0.2, 0.25) is 0 Å². The Labute approximate surface area is 394 Å². The predicted molar refractivity (Wildman–Crippen MR) is 272 cm³/mol. The summed E-state index contributed by atoms with van der Waals surface area (Å²) in [5.74, 6) is 1.53. The number of fused-ring (bicyclic) bond motifs is 18. The molecular formula is C61H33N7O. The van der Waals surface area contributed by atoms with E-state index in [1.807, 2.05) is 60.9 Å². The third-order valence-electron chi connectivity index (χ3n) is 14.6. The highest BCUT2D eigenvalue weighted by Gasteiger charge is 2.52. The molecule has 0 unspecified atom stereocenters. The van der Waals surface area contributed by atoms with Gasteiger partial charge >= 0.3 is 0 Å². The van der Waals surface area contributed by atoms with Crippen LogP contribution in [0, 0.1) is 22.7 Å². The molecular weight excluding hydrogens is 847 g/mol. The summed E-state index contributed by atoms with van der Waals surface area (Å²) in [5, 5.41) is 26.1. The monoisotopic (exact) mass is 879 g/mol. The van der Waals surface area contributed by atoms with E-state index in [-0.39, 0.29) is 0 Å². The number of pyridine rings is 2. The lowest BCUT2D eigenvalue weighted by molar-refractivity contribution is 0.436. The molecule has 69 heavy (non-hydrogen) atoms. The van der Waals surface area contributed by atoms with Crippen molar-refractivity contribution in [1.82, 2.24) is 23.7 Å². The van der Waals surface area contributed by atoms with Crippen LogP contribution in [0.15, 0.2) is 200 Å². The molecule has 2 aliphatic rings. The van der Waals surface area contributed by atoms with E-state index in [1.54, 1.807) is 0 Å². The molecule has 0 fully saturated rings. The number of benzene rings is 8. The molecule has 8 aromatic carbocycles. The van der Waals surface area contributed by atoms with Crippen molar-refractivity contribution in [1.29, 1.82) is 10.5 Å². The van der Waals surface area contributed by atoms with Gasteiger partial charge in [0.25, 0.3) is 0 Å². The highest BCUT2D eigenvalue weighted by molar-refractivity contribution is 6.13. The van der Waals surface area contributed by atoms with Gasteiger partial charge in [0.05, 0.1) is 73.2 Å². The van der Waals surface area contributed by atoms with Gasteiger partial charge in [-0.1, -0.05) is 78.9 Å². The number of aromatic nitrogens is 5. The molecule has 318 valence electrons. The Morgan fingerprint density at radius 1 is 0.362 bits per heavy atom. The Bertz CT molecular complexity index is 4350. The van der Waals surface area contributed by atoms with Gasteiger partial charge in [-0.05, 0) is 108 Å². The quantitative estimate of drug-likeness (QED) is 0.176. The van der Waals surface area contributed by atoms with E-state index >= 15 is 0 Å². The van der Waals surface area contributed by atoms with Gasteiger partial charge < -0.3 is 18.4 Å². The van der Waals surface area contributed by atoms with E-state index < -0.39 is 5.41 Å². The SMILES string of the molecule is N#Cc1ccc2c(c1)c1cc(C#N)ccc1n2-c1ccc2c(c1)c1ccccc1n2-c1ccc2c(c1)Oc1cc(-n3c4ccccc4c4ccccc43)ccc1C21c2cccnc2-c2ncccc21. The first kappa shape index (κ1) is 37.5. The molecule has 1 aliphatic carbocycles. The normalized spacial score (nSPS) is 13.1. The van der Waals surface area contributed by atoms with Crippen molar-refractivity contribution in [2.45, 2.75) is 5.41 Å². The average Bonchev–Trinajstić information content (AvgIpc) is 4.12. The predicted octanol–water partition coefficient (Wildman–Crippen LogP) is 14.0. The molecule has 1 aliphatic heterocycles. The Morgan fingerprint density at radius 3 is 1.23 bits per heavy atom. The molecule has 0 atom stereocenters. The van der Waals surface area contributed by atoms with Crippen LogP contribution in [-0.4, -0.2) is 23.7 Å². The van der Waals surface area contributed by atoms with Crippen molar-refractivity contribution in [3.63, 3.8) is 0 Å². The van der Waals surface area contributed by atoms with Crippen LogP contribution in [-0.2, 0) is 5.41 Å². The molecule has 0 amide bonds. The first-order valence-corrected chi connectivity index (χ1v) is 22.9. The van der Waals surface area contributed by atoms with Crippen molar-refractivity contribution in [3.05, 3.63) is 234 Å². The first-order chi connectivity index (χ1) is 34.1. The van der Waals surface area contributed by atoms with E-state index in [0.29, 0.717) is 11.1 Å². The number of hydrogen-bond acceptors (Lipinski definition) is 5. The van der Waals surface area contributed by atoms with Crippen molar-refractivity contribution in [2.75, 3.05) is 0 Å². The molecule has 15 rings (SSSR count). The third kappa shape index (κ3) is 4.88. The number of hydrogen-bond donors (Lipinski definition) is 0. The second kappa shape index (κ2) is 13.6. The maximum Gasteiger partial charge on any atom is 0.134 e. The standard InChI is InChI=1S/C61H33N7O/c62-34-36-17-24-54-44(29-36)45-30-37(35-63)18-25-55(45)66(54)38-21-26-56-46(31-38)43-11-3-6-16-53(43)68(56)40-20-23-48-58(33-40)69-57-32-39(67-51-14-4-1-9-41(51)42-10-2-5-15-52(42)67)19-22-47(57)61(48)49-12-7-27-64-59(49)60-50(61)13-8-28-65-60/h1-33H. The summed E-state index contributed by atoms with van der Waals surface area (Å²) in [7, 11) is 0. The molecule has 8 nitrogen and oxygen atoms in total. The van der Waals surface area contributed by atoms with Crippen LogP contribution in [0.4, 0.5) is 0 Å². The van der Waals surface area contributed by atoms with Crippen molar-refractivity contribution in [2.24, 2.45) is 0 Å². The molecule has 1 spiro atoms. The molecule has 0 N–H and O–H groups in total. The number of ether oxygens (including phenoxy) is 1. The van der Waals surface area contributed by atoms with Crippen molar-refractivity contribution >= 4 is 65.4 Å². The summed E-state index contributed by atoms with van der Waals surface area (Å²) in [6.07, 6.45) is 3.71. The second-order valence-electron chi connectivity index (χ2n) is 18.0. The first-order valence-electron chi connectivity index (χ1n) is 22.9. The number of para-hydroxylation sites is 3. The lowest BCUT2D eigenvalue weighted by Gasteiger charge is -2.39. The Hall–Kier alpha value is -9.76. The minimum absolute atomic E-state index is 0.573. The van der Waals surface area contributed by atoms with Crippen LogP contribution < -0.4 is 4.74 Å². The maximum atomic E-state index is 9.83. The fourth-order valence-corrected chi connectivity index (χ4v) is 11.9. The van der Waals surface area contributed by atoms with Crippen LogP contribution in [0.1, 0.15) is 33.4 Å². The van der Waals surface area contributed by atoms with Gasteiger partial charge in [-0.2, -0.15) is 10.5 Å². The van der Waals surface area contributed by atoms with Gasteiger partial charge in [0, 0.05) is 85.0 Å². The molecule has 0 saturated carbocycles. The van der Waals surface area contributed by atoms with Gasteiger partial charge in [-0.3, -0.25) is 9.97 Å². The van der Waals surface area contributed by atoms with Crippen molar-refractivity contribution < 1.29 is 4.74 Å². The highest BCUT2D eigenvalue weighted by Crippen LogP contribution is 2.61. The van der Waals surface area contributed by atoms with Crippen LogP contribution in [0.2, 0.25) is 0 Å². The summed E-state index contributed by atoms with van der Waals surface area (Å²) >= 11 is 0. The van der Waals surface area contributed by atoms with Gasteiger partial charge in [0.1, 0.15) is 11.5 Å². The van der Waals surface area contributed by atoms with E-state index in [1.165, 1.54) is 10.8 Å². The fourth-order valence-electron chi connectivity index (χ4n) is 11.9. The number of nitrogens with zero attached hydrogens (tertiary/aromatic N) is 7. The molecule has 6 heterocycles. The van der Waals surface area contributed by atoms with E-state index in [0.717, 1.165) is 117 Å². The number of nitriles is 2.